The molecular weight excluding hydrogens is 256 g/mol. The zero-order valence-corrected chi connectivity index (χ0v) is 11.0. The van der Waals surface area contributed by atoms with Crippen LogP contribution in [0.15, 0.2) is 24.3 Å². The van der Waals surface area contributed by atoms with Gasteiger partial charge in [-0.25, -0.2) is 0 Å². The third-order valence-electron chi connectivity index (χ3n) is 3.01. The minimum atomic E-state index is -0.774. The van der Waals surface area contributed by atoms with Gasteiger partial charge in [-0.1, -0.05) is 36.6 Å². The van der Waals surface area contributed by atoms with Gasteiger partial charge < -0.3 is 5.11 Å². The van der Waals surface area contributed by atoms with Crippen molar-refractivity contribution in [2.45, 2.75) is 36.2 Å². The van der Waals surface area contributed by atoms with Gasteiger partial charge in [0.15, 0.2) is 0 Å². The molecule has 0 spiro atoms. The third-order valence-corrected chi connectivity index (χ3v) is 4.84. The number of rotatable bonds is 4. The molecule has 0 saturated heterocycles. The van der Waals surface area contributed by atoms with Gasteiger partial charge in [0, 0.05) is 10.3 Å². The third kappa shape index (κ3) is 3.39. The number of carboxylic acids is 1. The molecule has 1 N–H and O–H groups in total. The van der Waals surface area contributed by atoms with Crippen LogP contribution in [0, 0.1) is 0 Å². The molecule has 0 bridgehead atoms. The topological polar surface area (TPSA) is 37.3 Å². The molecular formula is C13H15ClO2S. The standard InChI is InChI=1S/C13H15ClO2S/c14-10-5-3-4-9(8-10)12(13(15)16)17-11-6-1-2-7-11/h3-5,8,11-12H,1-2,6-7H2,(H,15,16)/t12-/m1/s1. The van der Waals surface area contributed by atoms with E-state index in [1.54, 1.807) is 23.9 Å². The Labute approximate surface area is 110 Å². The molecule has 1 aliphatic carbocycles. The fourth-order valence-electron chi connectivity index (χ4n) is 2.17. The van der Waals surface area contributed by atoms with Crippen molar-refractivity contribution in [2.75, 3.05) is 0 Å². The van der Waals surface area contributed by atoms with Crippen LogP contribution in [0.4, 0.5) is 0 Å². The molecule has 1 aliphatic rings. The maximum absolute atomic E-state index is 11.3. The van der Waals surface area contributed by atoms with Gasteiger partial charge in [0.25, 0.3) is 0 Å². The first-order valence-electron chi connectivity index (χ1n) is 5.80. The molecule has 0 aromatic heterocycles. The lowest BCUT2D eigenvalue weighted by atomic mass is 10.1. The van der Waals surface area contributed by atoms with Crippen LogP contribution < -0.4 is 0 Å². The average molecular weight is 271 g/mol. The lowest BCUT2D eigenvalue weighted by Crippen LogP contribution is -2.11. The van der Waals surface area contributed by atoms with Crippen molar-refractivity contribution in [3.8, 4) is 0 Å². The molecule has 0 radical (unpaired) electrons. The van der Waals surface area contributed by atoms with Crippen molar-refractivity contribution in [1.82, 2.24) is 0 Å². The van der Waals surface area contributed by atoms with E-state index in [0.717, 1.165) is 18.4 Å². The van der Waals surface area contributed by atoms with E-state index in [4.69, 9.17) is 11.6 Å². The van der Waals surface area contributed by atoms with Crippen LogP contribution in [0.3, 0.4) is 0 Å². The summed E-state index contributed by atoms with van der Waals surface area (Å²) >= 11 is 7.47. The predicted octanol–water partition coefficient (Wildman–Crippen LogP) is 4.14. The van der Waals surface area contributed by atoms with Crippen LogP contribution in [0.1, 0.15) is 36.5 Å². The van der Waals surface area contributed by atoms with Gasteiger partial charge >= 0.3 is 5.97 Å². The number of halogens is 1. The Kier molecular flexibility index (Phi) is 4.35. The van der Waals surface area contributed by atoms with E-state index < -0.39 is 11.2 Å². The van der Waals surface area contributed by atoms with E-state index in [0.29, 0.717) is 10.3 Å². The summed E-state index contributed by atoms with van der Waals surface area (Å²) in [5.41, 5.74) is 0.793. The van der Waals surface area contributed by atoms with Gasteiger partial charge in [0.05, 0.1) is 0 Å². The van der Waals surface area contributed by atoms with Crippen LogP contribution in [-0.4, -0.2) is 16.3 Å². The molecule has 92 valence electrons. The highest BCUT2D eigenvalue weighted by Crippen LogP contribution is 2.40. The van der Waals surface area contributed by atoms with Crippen molar-refractivity contribution in [1.29, 1.82) is 0 Å². The predicted molar refractivity (Wildman–Crippen MR) is 71.7 cm³/mol. The molecule has 1 aromatic rings. The minimum Gasteiger partial charge on any atom is -0.480 e. The van der Waals surface area contributed by atoms with Crippen LogP contribution in [0.2, 0.25) is 5.02 Å². The molecule has 0 amide bonds. The summed E-state index contributed by atoms with van der Waals surface area (Å²) in [4.78, 5) is 11.3. The highest BCUT2D eigenvalue weighted by Gasteiger charge is 2.26. The summed E-state index contributed by atoms with van der Waals surface area (Å²) in [6.45, 7) is 0. The van der Waals surface area contributed by atoms with Crippen molar-refractivity contribution in [3.05, 3.63) is 34.9 Å². The molecule has 1 saturated carbocycles. The first-order valence-corrected chi connectivity index (χ1v) is 7.12. The van der Waals surface area contributed by atoms with Crippen LogP contribution >= 0.6 is 23.4 Å². The summed E-state index contributed by atoms with van der Waals surface area (Å²) in [5, 5.41) is 9.90. The molecule has 17 heavy (non-hydrogen) atoms. The fraction of sp³-hybridized carbons (Fsp3) is 0.462. The summed E-state index contributed by atoms with van der Waals surface area (Å²) in [6, 6.07) is 7.17. The smallest absolute Gasteiger partial charge is 0.321 e. The second kappa shape index (κ2) is 5.78. The molecule has 4 heteroatoms. The zero-order valence-electron chi connectivity index (χ0n) is 9.43. The first kappa shape index (κ1) is 12.8. The van der Waals surface area contributed by atoms with Gasteiger partial charge in [-0.05, 0) is 30.5 Å². The Hall–Kier alpha value is -0.670. The molecule has 1 fully saturated rings. The van der Waals surface area contributed by atoms with Crippen molar-refractivity contribution < 1.29 is 9.90 Å². The second-order valence-corrected chi connectivity index (χ2v) is 6.16. The van der Waals surface area contributed by atoms with E-state index in [1.807, 2.05) is 12.1 Å². The van der Waals surface area contributed by atoms with Crippen LogP contribution in [0.25, 0.3) is 0 Å². The summed E-state index contributed by atoms with van der Waals surface area (Å²) < 4.78 is 0. The number of benzene rings is 1. The number of hydrogen-bond acceptors (Lipinski definition) is 2. The summed E-state index contributed by atoms with van der Waals surface area (Å²) in [6.07, 6.45) is 4.71. The van der Waals surface area contributed by atoms with Crippen molar-refractivity contribution in [3.63, 3.8) is 0 Å². The molecule has 1 aromatic carbocycles. The SMILES string of the molecule is O=C(O)[C@H](SC1CCCC1)c1cccc(Cl)c1. The monoisotopic (exact) mass is 270 g/mol. The van der Waals surface area contributed by atoms with E-state index in [1.165, 1.54) is 12.8 Å². The molecule has 2 nitrogen and oxygen atoms in total. The lowest BCUT2D eigenvalue weighted by molar-refractivity contribution is -0.136. The minimum absolute atomic E-state index is 0.482. The van der Waals surface area contributed by atoms with Crippen molar-refractivity contribution in [2.24, 2.45) is 0 Å². The largest absolute Gasteiger partial charge is 0.480 e. The molecule has 0 aliphatic heterocycles. The van der Waals surface area contributed by atoms with Gasteiger partial charge in [-0.2, -0.15) is 0 Å². The number of carboxylic acid groups (broad SMARTS) is 1. The average Bonchev–Trinajstić information content (AvgIpc) is 2.78. The number of carbonyl (C=O) groups is 1. The van der Waals surface area contributed by atoms with Crippen molar-refractivity contribution >= 4 is 29.3 Å². The van der Waals surface area contributed by atoms with E-state index in [9.17, 15) is 9.90 Å². The Morgan fingerprint density at radius 3 is 2.71 bits per heavy atom. The second-order valence-electron chi connectivity index (χ2n) is 4.32. The molecule has 2 rings (SSSR count). The number of hydrogen-bond donors (Lipinski definition) is 1. The summed E-state index contributed by atoms with van der Waals surface area (Å²) in [7, 11) is 0. The van der Waals surface area contributed by atoms with Gasteiger partial charge in [0.2, 0.25) is 0 Å². The zero-order chi connectivity index (χ0) is 12.3. The number of thioether (sulfide) groups is 1. The maximum atomic E-state index is 11.3. The first-order chi connectivity index (χ1) is 8.16. The number of aliphatic carboxylic acids is 1. The van der Waals surface area contributed by atoms with Crippen LogP contribution in [0.5, 0.6) is 0 Å². The molecule has 0 unspecified atom stereocenters. The van der Waals surface area contributed by atoms with Gasteiger partial charge in [-0.3, -0.25) is 4.79 Å². The Morgan fingerprint density at radius 1 is 1.41 bits per heavy atom. The fourth-order valence-corrected chi connectivity index (χ4v) is 3.78. The van der Waals surface area contributed by atoms with E-state index in [2.05, 4.69) is 0 Å². The van der Waals surface area contributed by atoms with Gasteiger partial charge in [0.1, 0.15) is 5.25 Å². The van der Waals surface area contributed by atoms with Crippen LogP contribution in [-0.2, 0) is 4.79 Å². The Bertz CT molecular complexity index is 402. The Morgan fingerprint density at radius 2 is 2.12 bits per heavy atom. The highest BCUT2D eigenvalue weighted by molar-refractivity contribution is 8.00. The Balaban J connectivity index is 2.13. The lowest BCUT2D eigenvalue weighted by Gasteiger charge is -2.17. The van der Waals surface area contributed by atoms with E-state index >= 15 is 0 Å². The quantitative estimate of drug-likeness (QED) is 0.893. The highest BCUT2D eigenvalue weighted by atomic mass is 35.5. The molecule has 1 atom stereocenters. The normalized spacial score (nSPS) is 18.2. The van der Waals surface area contributed by atoms with Gasteiger partial charge in [-0.15, -0.1) is 11.8 Å². The summed E-state index contributed by atoms with van der Waals surface area (Å²) in [5.74, 6) is -0.774. The molecule has 0 heterocycles. The van der Waals surface area contributed by atoms with E-state index in [-0.39, 0.29) is 0 Å². The maximum Gasteiger partial charge on any atom is 0.321 e.